The Balaban J connectivity index is 2.36. The van der Waals surface area contributed by atoms with Gasteiger partial charge in [-0.1, -0.05) is 19.1 Å². The first-order valence-corrected chi connectivity index (χ1v) is 6.18. The lowest BCUT2D eigenvalue weighted by atomic mass is 10.2. The summed E-state index contributed by atoms with van der Waals surface area (Å²) < 4.78 is 0. The summed E-state index contributed by atoms with van der Waals surface area (Å²) in [6.45, 7) is 4.24. The Morgan fingerprint density at radius 3 is 2.43 bits per heavy atom. The van der Waals surface area contributed by atoms with Crippen molar-refractivity contribution in [1.82, 2.24) is 0 Å². The van der Waals surface area contributed by atoms with Crippen LogP contribution in [0.15, 0.2) is 29.2 Å². The molecule has 1 aromatic rings. The maximum atomic E-state index is 5.69. The number of hydrogen-bond acceptors (Lipinski definition) is 2. The van der Waals surface area contributed by atoms with Crippen LogP contribution in [-0.4, -0.2) is 11.8 Å². The second-order valence-electron chi connectivity index (χ2n) is 3.61. The van der Waals surface area contributed by atoms with E-state index in [9.17, 15) is 0 Å². The number of benzene rings is 1. The predicted octanol–water partition coefficient (Wildman–Crippen LogP) is 3.08. The lowest BCUT2D eigenvalue weighted by molar-refractivity contribution is 0.721. The quantitative estimate of drug-likeness (QED) is 0.754. The van der Waals surface area contributed by atoms with Gasteiger partial charge >= 0.3 is 0 Å². The topological polar surface area (TPSA) is 26.0 Å². The summed E-state index contributed by atoms with van der Waals surface area (Å²) in [6, 6.07) is 9.12. The number of aryl methyl sites for hydroxylation is 1. The molecule has 0 aliphatic rings. The Morgan fingerprint density at radius 2 is 1.93 bits per heavy atom. The van der Waals surface area contributed by atoms with Crippen LogP contribution in [0.2, 0.25) is 0 Å². The molecule has 1 aromatic carbocycles. The van der Waals surface area contributed by atoms with Gasteiger partial charge in [0.1, 0.15) is 0 Å². The molecule has 1 nitrogen and oxygen atoms in total. The molecule has 0 fully saturated rings. The second-order valence-corrected chi connectivity index (χ2v) is 4.78. The van der Waals surface area contributed by atoms with Crippen LogP contribution in [0.3, 0.4) is 0 Å². The minimum absolute atomic E-state index is 0.317. The Morgan fingerprint density at radius 1 is 1.29 bits per heavy atom. The molecule has 1 unspecified atom stereocenters. The van der Waals surface area contributed by atoms with Crippen LogP contribution in [0.25, 0.3) is 0 Å². The van der Waals surface area contributed by atoms with Crippen molar-refractivity contribution in [3.63, 3.8) is 0 Å². The summed E-state index contributed by atoms with van der Waals surface area (Å²) in [7, 11) is 0. The van der Waals surface area contributed by atoms with Crippen LogP contribution in [0.5, 0.6) is 0 Å². The van der Waals surface area contributed by atoms with Crippen molar-refractivity contribution in [2.75, 3.05) is 5.75 Å². The van der Waals surface area contributed by atoms with Crippen molar-refractivity contribution >= 4 is 11.8 Å². The molecule has 0 heterocycles. The van der Waals surface area contributed by atoms with E-state index in [2.05, 4.69) is 38.1 Å². The molecule has 78 valence electrons. The number of rotatable bonds is 5. The summed E-state index contributed by atoms with van der Waals surface area (Å²) in [5.41, 5.74) is 7.09. The standard InChI is InChI=1S/C12H19NS/c1-3-11-4-6-12(7-5-11)14-9-8-10(2)13/h4-7,10H,3,8-9,13H2,1-2H3. The molecule has 0 aliphatic heterocycles. The fourth-order valence-electron chi connectivity index (χ4n) is 1.18. The molecule has 2 N–H and O–H groups in total. The van der Waals surface area contributed by atoms with Gasteiger partial charge < -0.3 is 5.73 Å². The van der Waals surface area contributed by atoms with Crippen molar-refractivity contribution in [2.45, 2.75) is 37.6 Å². The van der Waals surface area contributed by atoms with Gasteiger partial charge in [-0.15, -0.1) is 11.8 Å². The van der Waals surface area contributed by atoms with E-state index >= 15 is 0 Å². The van der Waals surface area contributed by atoms with Gasteiger partial charge in [-0.3, -0.25) is 0 Å². The van der Waals surface area contributed by atoms with Crippen molar-refractivity contribution in [1.29, 1.82) is 0 Å². The van der Waals surface area contributed by atoms with Gasteiger partial charge in [0.25, 0.3) is 0 Å². The number of thioether (sulfide) groups is 1. The zero-order valence-corrected chi connectivity index (χ0v) is 9.81. The largest absolute Gasteiger partial charge is 0.328 e. The molecule has 1 rings (SSSR count). The van der Waals surface area contributed by atoms with Crippen molar-refractivity contribution in [3.8, 4) is 0 Å². The summed E-state index contributed by atoms with van der Waals surface area (Å²) in [5, 5.41) is 0. The molecule has 0 saturated carbocycles. The van der Waals surface area contributed by atoms with Gasteiger partial charge in [-0.05, 0) is 43.2 Å². The van der Waals surface area contributed by atoms with Crippen molar-refractivity contribution in [3.05, 3.63) is 29.8 Å². The molecule has 0 saturated heterocycles. The van der Waals surface area contributed by atoms with Gasteiger partial charge in [-0.2, -0.15) is 0 Å². The SMILES string of the molecule is CCc1ccc(SCCC(C)N)cc1. The van der Waals surface area contributed by atoms with Crippen LogP contribution in [-0.2, 0) is 6.42 Å². The van der Waals surface area contributed by atoms with E-state index in [-0.39, 0.29) is 0 Å². The molecular weight excluding hydrogens is 190 g/mol. The fourth-order valence-corrected chi connectivity index (χ4v) is 2.24. The zero-order valence-electron chi connectivity index (χ0n) is 8.99. The average molecular weight is 209 g/mol. The van der Waals surface area contributed by atoms with E-state index in [0.29, 0.717) is 6.04 Å². The van der Waals surface area contributed by atoms with Gasteiger partial charge in [-0.25, -0.2) is 0 Å². The Labute approximate surface area is 91.1 Å². The van der Waals surface area contributed by atoms with E-state index in [1.54, 1.807) is 0 Å². The normalized spacial score (nSPS) is 12.8. The van der Waals surface area contributed by atoms with Crippen LogP contribution >= 0.6 is 11.8 Å². The molecule has 14 heavy (non-hydrogen) atoms. The second kappa shape index (κ2) is 6.10. The van der Waals surface area contributed by atoms with Gasteiger partial charge in [0.05, 0.1) is 0 Å². The fraction of sp³-hybridized carbons (Fsp3) is 0.500. The molecule has 0 radical (unpaired) electrons. The third-order valence-electron chi connectivity index (χ3n) is 2.17. The van der Waals surface area contributed by atoms with Crippen LogP contribution in [0, 0.1) is 0 Å². The highest BCUT2D eigenvalue weighted by atomic mass is 32.2. The van der Waals surface area contributed by atoms with E-state index in [4.69, 9.17) is 5.73 Å². The van der Waals surface area contributed by atoms with Gasteiger partial charge in [0, 0.05) is 10.9 Å². The minimum Gasteiger partial charge on any atom is -0.328 e. The van der Waals surface area contributed by atoms with Gasteiger partial charge in [0.2, 0.25) is 0 Å². The highest BCUT2D eigenvalue weighted by Gasteiger charge is 1.97. The lowest BCUT2D eigenvalue weighted by Gasteiger charge is -2.05. The molecule has 1 atom stereocenters. The summed E-state index contributed by atoms with van der Waals surface area (Å²) in [4.78, 5) is 1.35. The third kappa shape index (κ3) is 4.16. The first-order valence-electron chi connectivity index (χ1n) is 5.19. The van der Waals surface area contributed by atoms with Crippen LogP contribution in [0.4, 0.5) is 0 Å². The highest BCUT2D eigenvalue weighted by Crippen LogP contribution is 2.19. The highest BCUT2D eigenvalue weighted by molar-refractivity contribution is 7.99. The Hall–Kier alpha value is -0.470. The number of hydrogen-bond donors (Lipinski definition) is 1. The van der Waals surface area contributed by atoms with Crippen LogP contribution in [0.1, 0.15) is 25.8 Å². The molecule has 2 heteroatoms. The molecule has 0 aromatic heterocycles. The first-order chi connectivity index (χ1) is 6.72. The average Bonchev–Trinajstić information content (AvgIpc) is 2.18. The Kier molecular flexibility index (Phi) is 5.05. The lowest BCUT2D eigenvalue weighted by Crippen LogP contribution is -2.15. The van der Waals surface area contributed by atoms with E-state index in [0.717, 1.165) is 18.6 Å². The van der Waals surface area contributed by atoms with Crippen molar-refractivity contribution < 1.29 is 0 Å². The molecule has 0 bridgehead atoms. The first kappa shape index (κ1) is 11.6. The van der Waals surface area contributed by atoms with E-state index in [1.165, 1.54) is 10.5 Å². The number of nitrogens with two attached hydrogens (primary N) is 1. The molecule has 0 spiro atoms. The Bertz CT molecular complexity index is 254. The summed E-state index contributed by atoms with van der Waals surface area (Å²) in [5.74, 6) is 1.11. The maximum absolute atomic E-state index is 5.69. The summed E-state index contributed by atoms with van der Waals surface area (Å²) in [6.07, 6.45) is 2.20. The summed E-state index contributed by atoms with van der Waals surface area (Å²) >= 11 is 1.89. The smallest absolute Gasteiger partial charge is 0.00721 e. The molecule has 0 aliphatic carbocycles. The zero-order chi connectivity index (χ0) is 10.4. The van der Waals surface area contributed by atoms with Crippen LogP contribution < -0.4 is 5.73 Å². The van der Waals surface area contributed by atoms with Gasteiger partial charge in [0.15, 0.2) is 0 Å². The van der Waals surface area contributed by atoms with Crippen molar-refractivity contribution in [2.24, 2.45) is 5.73 Å². The monoisotopic (exact) mass is 209 g/mol. The predicted molar refractivity (Wildman–Crippen MR) is 64.8 cm³/mol. The third-order valence-corrected chi connectivity index (χ3v) is 3.22. The molecule has 0 amide bonds. The molecular formula is C12H19NS. The maximum Gasteiger partial charge on any atom is 0.00721 e. The van der Waals surface area contributed by atoms with E-state index < -0.39 is 0 Å². The minimum atomic E-state index is 0.317. The van der Waals surface area contributed by atoms with E-state index in [1.807, 2.05) is 11.8 Å².